The second kappa shape index (κ2) is 6.56. The Balaban J connectivity index is 2.92. The number of alkyl halides is 2. The van der Waals surface area contributed by atoms with Gasteiger partial charge in [0.15, 0.2) is 11.3 Å². The molecule has 0 aromatic heterocycles. The molecular weight excluding hydrogens is 264 g/mol. The maximum Gasteiger partial charge on any atom is 0.387 e. The first kappa shape index (κ1) is 13.9. The van der Waals surface area contributed by atoms with Gasteiger partial charge in [0, 0.05) is 6.07 Å². The van der Waals surface area contributed by atoms with Gasteiger partial charge in [-0.25, -0.2) is 0 Å². The lowest BCUT2D eigenvalue weighted by Crippen LogP contribution is -2.24. The van der Waals surface area contributed by atoms with Crippen LogP contribution in [0.4, 0.5) is 14.5 Å². The molecule has 2 N–H and O–H groups in total. The zero-order valence-electron chi connectivity index (χ0n) is 9.24. The van der Waals surface area contributed by atoms with Gasteiger partial charge in [0.05, 0.1) is 12.8 Å². The fraction of sp³-hybridized carbons (Fsp3) is 0.200. The van der Waals surface area contributed by atoms with Crippen LogP contribution in [0.3, 0.4) is 0 Å². The molecule has 0 spiro atoms. The van der Waals surface area contributed by atoms with Gasteiger partial charge in [0.25, 0.3) is 0 Å². The lowest BCUT2D eigenvalue weighted by atomic mass is 10.2. The van der Waals surface area contributed by atoms with E-state index in [0.29, 0.717) is 11.4 Å². The summed E-state index contributed by atoms with van der Waals surface area (Å²) in [5.74, 6) is 0.326. The van der Waals surface area contributed by atoms with E-state index < -0.39 is 6.61 Å². The van der Waals surface area contributed by atoms with E-state index in [9.17, 15) is 8.78 Å². The molecule has 0 saturated heterocycles. The number of nitrogens with one attached hydrogen (secondary N) is 2. The zero-order chi connectivity index (χ0) is 13.5. The molecule has 0 atom stereocenters. The Labute approximate surface area is 107 Å². The third-order valence-corrected chi connectivity index (χ3v) is 2.02. The summed E-state index contributed by atoms with van der Waals surface area (Å²) >= 11 is 4.78. The van der Waals surface area contributed by atoms with E-state index >= 15 is 0 Å². The van der Waals surface area contributed by atoms with Crippen molar-refractivity contribution < 1.29 is 18.3 Å². The predicted molar refractivity (Wildman–Crippen MR) is 64.6 cm³/mol. The van der Waals surface area contributed by atoms with Crippen LogP contribution in [0, 0.1) is 11.5 Å². The van der Waals surface area contributed by atoms with Crippen LogP contribution in [0.1, 0.15) is 0 Å². The average Bonchev–Trinajstić information content (AvgIpc) is 2.28. The van der Waals surface area contributed by atoms with Crippen LogP contribution < -0.4 is 20.1 Å². The molecule has 5 nitrogen and oxygen atoms in total. The highest BCUT2D eigenvalue weighted by Gasteiger charge is 2.10. The van der Waals surface area contributed by atoms with Gasteiger partial charge in [-0.15, -0.1) is 0 Å². The van der Waals surface area contributed by atoms with Crippen molar-refractivity contribution in [3.63, 3.8) is 0 Å². The van der Waals surface area contributed by atoms with E-state index in [1.165, 1.54) is 25.3 Å². The Morgan fingerprint density at radius 1 is 1.50 bits per heavy atom. The summed E-state index contributed by atoms with van der Waals surface area (Å²) in [6.45, 7) is -2.92. The van der Waals surface area contributed by atoms with Crippen LogP contribution >= 0.6 is 12.2 Å². The first-order valence-corrected chi connectivity index (χ1v) is 5.06. The van der Waals surface area contributed by atoms with Gasteiger partial charge in [-0.1, -0.05) is 0 Å². The minimum absolute atomic E-state index is 0.0185. The molecule has 0 aliphatic carbocycles. The van der Waals surface area contributed by atoms with Crippen molar-refractivity contribution in [1.82, 2.24) is 5.32 Å². The monoisotopic (exact) mass is 273 g/mol. The first-order valence-electron chi connectivity index (χ1n) is 4.65. The van der Waals surface area contributed by atoms with Crippen molar-refractivity contribution in [1.29, 1.82) is 5.26 Å². The van der Waals surface area contributed by atoms with Gasteiger partial charge < -0.3 is 14.8 Å². The second-order valence-corrected chi connectivity index (χ2v) is 3.34. The highest BCUT2D eigenvalue weighted by molar-refractivity contribution is 7.80. The zero-order valence-corrected chi connectivity index (χ0v) is 10.1. The van der Waals surface area contributed by atoms with E-state index in [1.54, 1.807) is 6.19 Å². The van der Waals surface area contributed by atoms with Crippen LogP contribution in [0.5, 0.6) is 11.5 Å². The minimum Gasteiger partial charge on any atom is -0.495 e. The van der Waals surface area contributed by atoms with E-state index in [1.807, 2.05) is 0 Å². The molecule has 0 saturated carbocycles. The van der Waals surface area contributed by atoms with Crippen LogP contribution in [0.15, 0.2) is 18.2 Å². The van der Waals surface area contributed by atoms with E-state index in [2.05, 4.69) is 15.4 Å². The molecular formula is C10H9F2N3O2S. The fourth-order valence-electron chi connectivity index (χ4n) is 1.17. The largest absolute Gasteiger partial charge is 0.495 e. The Morgan fingerprint density at radius 3 is 2.78 bits per heavy atom. The summed E-state index contributed by atoms with van der Waals surface area (Å²) in [6.07, 6.45) is 1.63. The molecule has 0 aliphatic rings. The molecule has 0 fully saturated rings. The number of nitriles is 1. The molecule has 1 aromatic rings. The average molecular weight is 273 g/mol. The van der Waals surface area contributed by atoms with Crippen LogP contribution in [-0.4, -0.2) is 18.8 Å². The molecule has 0 heterocycles. The number of anilines is 1. The predicted octanol–water partition coefficient (Wildman–Crippen LogP) is 2.06. The number of methoxy groups -OCH3 is 1. The summed E-state index contributed by atoms with van der Waals surface area (Å²) in [4.78, 5) is 0. The van der Waals surface area contributed by atoms with Crippen LogP contribution in [0.25, 0.3) is 0 Å². The van der Waals surface area contributed by atoms with Crippen molar-refractivity contribution >= 4 is 23.0 Å². The van der Waals surface area contributed by atoms with E-state index in [0.717, 1.165) is 0 Å². The van der Waals surface area contributed by atoms with Gasteiger partial charge >= 0.3 is 6.61 Å². The number of benzene rings is 1. The SMILES string of the molecule is COc1ccc(OC(F)F)cc1NC(=S)NC#N. The highest BCUT2D eigenvalue weighted by atomic mass is 32.1. The Bertz CT molecular complexity index is 477. The summed E-state index contributed by atoms with van der Waals surface area (Å²) in [5, 5.41) is 13.2. The fourth-order valence-corrected chi connectivity index (χ4v) is 1.32. The summed E-state index contributed by atoms with van der Waals surface area (Å²) in [7, 11) is 1.41. The van der Waals surface area contributed by atoms with Crippen LogP contribution in [-0.2, 0) is 0 Å². The second-order valence-electron chi connectivity index (χ2n) is 2.93. The summed E-state index contributed by atoms with van der Waals surface area (Å²) in [5.41, 5.74) is 0.309. The molecule has 1 rings (SSSR count). The number of hydrogen-bond acceptors (Lipinski definition) is 4. The smallest absolute Gasteiger partial charge is 0.387 e. The van der Waals surface area contributed by atoms with Crippen molar-refractivity contribution in [3.8, 4) is 17.7 Å². The Kier molecular flexibility index (Phi) is 5.07. The van der Waals surface area contributed by atoms with Crippen molar-refractivity contribution in [2.75, 3.05) is 12.4 Å². The number of ether oxygens (including phenoxy) is 2. The number of nitrogens with zero attached hydrogens (tertiary/aromatic N) is 1. The lowest BCUT2D eigenvalue weighted by Gasteiger charge is -2.12. The molecule has 0 aliphatic heterocycles. The van der Waals surface area contributed by atoms with Crippen molar-refractivity contribution in [2.24, 2.45) is 0 Å². The van der Waals surface area contributed by atoms with Crippen LogP contribution in [0.2, 0.25) is 0 Å². The Hall–Kier alpha value is -2.14. The topological polar surface area (TPSA) is 66.3 Å². The number of halogens is 2. The summed E-state index contributed by atoms with van der Waals surface area (Å²) < 4.78 is 33.4. The lowest BCUT2D eigenvalue weighted by molar-refractivity contribution is -0.0498. The minimum atomic E-state index is -2.92. The molecule has 0 unspecified atom stereocenters. The van der Waals surface area contributed by atoms with Gasteiger partial charge in [0.1, 0.15) is 11.5 Å². The van der Waals surface area contributed by atoms with Crippen molar-refractivity contribution in [2.45, 2.75) is 6.61 Å². The standard InChI is InChI=1S/C10H9F2N3O2S/c1-16-8-3-2-6(17-9(11)12)4-7(8)15-10(18)14-5-13/h2-4,9H,1H3,(H2,14,15,18). The van der Waals surface area contributed by atoms with E-state index in [4.69, 9.17) is 22.2 Å². The molecule has 0 bridgehead atoms. The molecule has 96 valence electrons. The quantitative estimate of drug-likeness (QED) is 0.497. The molecule has 8 heteroatoms. The van der Waals surface area contributed by atoms with Gasteiger partial charge in [-0.3, -0.25) is 5.32 Å². The third-order valence-electron chi connectivity index (χ3n) is 1.81. The Morgan fingerprint density at radius 2 is 2.22 bits per heavy atom. The maximum atomic E-state index is 12.1. The van der Waals surface area contributed by atoms with Gasteiger partial charge in [-0.2, -0.15) is 14.0 Å². The van der Waals surface area contributed by atoms with E-state index in [-0.39, 0.29) is 10.9 Å². The number of thiocarbonyl (C=S) groups is 1. The van der Waals surface area contributed by atoms with Gasteiger partial charge in [-0.05, 0) is 24.4 Å². The first-order chi connectivity index (χ1) is 8.56. The molecule has 1 aromatic carbocycles. The highest BCUT2D eigenvalue weighted by Crippen LogP contribution is 2.29. The molecule has 0 amide bonds. The third kappa shape index (κ3) is 4.03. The molecule has 18 heavy (non-hydrogen) atoms. The normalized spacial score (nSPS) is 9.50. The summed E-state index contributed by atoms with van der Waals surface area (Å²) in [6, 6.07) is 4.06. The number of rotatable bonds is 4. The van der Waals surface area contributed by atoms with Gasteiger partial charge in [0.2, 0.25) is 0 Å². The number of hydrogen-bond donors (Lipinski definition) is 2. The maximum absolute atomic E-state index is 12.1. The van der Waals surface area contributed by atoms with Crippen molar-refractivity contribution in [3.05, 3.63) is 18.2 Å². The molecule has 0 radical (unpaired) electrons.